The van der Waals surface area contributed by atoms with Crippen molar-refractivity contribution >= 4 is 28.5 Å². The van der Waals surface area contributed by atoms with Crippen LogP contribution in [-0.2, 0) is 16.0 Å². The number of nitrogens with one attached hydrogen (secondary N) is 1. The van der Waals surface area contributed by atoms with Gasteiger partial charge in [-0.2, -0.15) is 0 Å². The Bertz CT molecular complexity index is 444. The van der Waals surface area contributed by atoms with Crippen molar-refractivity contribution in [1.82, 2.24) is 9.88 Å². The van der Waals surface area contributed by atoms with Crippen molar-refractivity contribution in [1.29, 1.82) is 0 Å². The number of hydrogen-bond donors (Lipinski definition) is 1. The molecule has 20 heavy (non-hydrogen) atoms. The van der Waals surface area contributed by atoms with E-state index in [1.807, 2.05) is 19.2 Å². The lowest BCUT2D eigenvalue weighted by molar-refractivity contribution is -0.140. The summed E-state index contributed by atoms with van der Waals surface area (Å²) in [7, 11) is 1.38. The number of anilines is 1. The van der Waals surface area contributed by atoms with Crippen LogP contribution in [-0.4, -0.2) is 42.1 Å². The number of methoxy groups -OCH3 is 1. The summed E-state index contributed by atoms with van der Waals surface area (Å²) >= 11 is 1.39. The average molecular weight is 299 g/mol. The summed E-state index contributed by atoms with van der Waals surface area (Å²) in [6.45, 7) is 5.20. The van der Waals surface area contributed by atoms with Gasteiger partial charge < -0.3 is 9.64 Å². The van der Waals surface area contributed by atoms with Crippen LogP contribution in [0.25, 0.3) is 0 Å². The van der Waals surface area contributed by atoms with E-state index in [2.05, 4.69) is 15.0 Å². The lowest BCUT2D eigenvalue weighted by atomic mass is 10.2. The number of ether oxygens (including phenoxy) is 1. The van der Waals surface area contributed by atoms with E-state index in [0.717, 1.165) is 5.69 Å². The number of thiazole rings is 1. The second-order valence-electron chi connectivity index (χ2n) is 4.18. The number of urea groups is 1. The Labute approximate surface area is 123 Å². The normalized spacial score (nSPS) is 10.2. The Kier molecular flexibility index (Phi) is 7.00. The number of nitrogens with zero attached hydrogens (tertiary/aromatic N) is 2. The molecule has 6 nitrogen and oxygen atoms in total. The van der Waals surface area contributed by atoms with E-state index in [0.29, 0.717) is 37.5 Å². The monoisotopic (exact) mass is 299 g/mol. The standard InChI is InChI=1S/C13H21N3O3S/c1-4-16(5-2)13(18)15-12-14-10(9-20-12)7-6-8-11(17)19-3/h9H,4-8H2,1-3H3,(H,14,15,18). The highest BCUT2D eigenvalue weighted by Crippen LogP contribution is 2.17. The van der Waals surface area contributed by atoms with Gasteiger partial charge in [-0.25, -0.2) is 9.78 Å². The quantitative estimate of drug-likeness (QED) is 0.785. The van der Waals surface area contributed by atoms with E-state index in [-0.39, 0.29) is 12.0 Å². The molecule has 0 aromatic carbocycles. The molecule has 0 unspecified atom stereocenters. The van der Waals surface area contributed by atoms with E-state index < -0.39 is 0 Å². The van der Waals surface area contributed by atoms with Crippen LogP contribution in [0, 0.1) is 0 Å². The minimum absolute atomic E-state index is 0.134. The smallest absolute Gasteiger partial charge is 0.323 e. The van der Waals surface area contributed by atoms with Gasteiger partial charge in [0.15, 0.2) is 5.13 Å². The molecule has 0 aliphatic carbocycles. The van der Waals surface area contributed by atoms with Crippen molar-refractivity contribution in [2.75, 3.05) is 25.5 Å². The molecule has 0 aliphatic rings. The Morgan fingerprint density at radius 2 is 2.10 bits per heavy atom. The van der Waals surface area contributed by atoms with Crippen LogP contribution in [0.4, 0.5) is 9.93 Å². The number of carbonyl (C=O) groups excluding carboxylic acids is 2. The molecular formula is C13H21N3O3S. The maximum atomic E-state index is 11.8. The number of rotatable bonds is 7. The molecule has 1 aromatic rings. The van der Waals surface area contributed by atoms with E-state index >= 15 is 0 Å². The zero-order chi connectivity index (χ0) is 15.0. The van der Waals surface area contributed by atoms with E-state index in [1.54, 1.807) is 4.90 Å². The first-order valence-electron chi connectivity index (χ1n) is 6.67. The number of amides is 2. The second kappa shape index (κ2) is 8.52. The molecular weight excluding hydrogens is 278 g/mol. The van der Waals surface area contributed by atoms with Gasteiger partial charge in [-0.05, 0) is 26.7 Å². The summed E-state index contributed by atoms with van der Waals surface area (Å²) < 4.78 is 4.58. The lowest BCUT2D eigenvalue weighted by Crippen LogP contribution is -2.34. The van der Waals surface area contributed by atoms with Crippen LogP contribution >= 0.6 is 11.3 Å². The zero-order valence-corrected chi connectivity index (χ0v) is 13.0. The summed E-state index contributed by atoms with van der Waals surface area (Å²) in [5, 5.41) is 5.27. The number of carbonyl (C=O) groups is 2. The predicted molar refractivity (Wildman–Crippen MR) is 79.0 cm³/mol. The Morgan fingerprint density at radius 1 is 1.40 bits per heavy atom. The van der Waals surface area contributed by atoms with Gasteiger partial charge in [-0.3, -0.25) is 10.1 Å². The van der Waals surface area contributed by atoms with Crippen LogP contribution < -0.4 is 5.32 Å². The van der Waals surface area contributed by atoms with Gasteiger partial charge >= 0.3 is 12.0 Å². The molecule has 1 aromatic heterocycles. The largest absolute Gasteiger partial charge is 0.469 e. The molecule has 0 saturated heterocycles. The average Bonchev–Trinajstić information content (AvgIpc) is 2.87. The van der Waals surface area contributed by atoms with Crippen LogP contribution in [0.2, 0.25) is 0 Å². The highest BCUT2D eigenvalue weighted by Gasteiger charge is 2.11. The van der Waals surface area contributed by atoms with Gasteiger partial charge in [0.05, 0.1) is 12.8 Å². The van der Waals surface area contributed by atoms with Crippen molar-refractivity contribution in [3.05, 3.63) is 11.1 Å². The van der Waals surface area contributed by atoms with E-state index in [9.17, 15) is 9.59 Å². The highest BCUT2D eigenvalue weighted by molar-refractivity contribution is 7.13. The Balaban J connectivity index is 2.43. The summed E-state index contributed by atoms with van der Waals surface area (Å²) in [5.41, 5.74) is 0.883. The van der Waals surface area contributed by atoms with Gasteiger partial charge in [-0.15, -0.1) is 11.3 Å². The lowest BCUT2D eigenvalue weighted by Gasteiger charge is -2.17. The molecule has 0 aliphatic heterocycles. The van der Waals surface area contributed by atoms with Crippen LogP contribution in [0.15, 0.2) is 5.38 Å². The molecule has 112 valence electrons. The summed E-state index contributed by atoms with van der Waals surface area (Å²) in [6.07, 6.45) is 1.78. The predicted octanol–water partition coefficient (Wildman–Crippen LogP) is 2.51. The fraction of sp³-hybridized carbons (Fsp3) is 0.615. The summed E-state index contributed by atoms with van der Waals surface area (Å²) in [4.78, 5) is 28.9. The first-order valence-corrected chi connectivity index (χ1v) is 7.55. The van der Waals surface area contributed by atoms with Gasteiger partial charge in [0.1, 0.15) is 0 Å². The van der Waals surface area contributed by atoms with Crippen molar-refractivity contribution in [2.24, 2.45) is 0 Å². The van der Waals surface area contributed by atoms with Gasteiger partial charge in [0.2, 0.25) is 0 Å². The van der Waals surface area contributed by atoms with E-state index in [1.165, 1.54) is 18.4 Å². The van der Waals surface area contributed by atoms with Crippen molar-refractivity contribution < 1.29 is 14.3 Å². The molecule has 2 amide bonds. The fourth-order valence-corrected chi connectivity index (χ4v) is 2.41. The third kappa shape index (κ3) is 5.16. The first-order chi connectivity index (χ1) is 9.60. The van der Waals surface area contributed by atoms with Crippen molar-refractivity contribution in [3.8, 4) is 0 Å². The third-order valence-corrected chi connectivity index (χ3v) is 3.66. The summed E-state index contributed by atoms with van der Waals surface area (Å²) in [5.74, 6) is -0.213. The van der Waals surface area contributed by atoms with Crippen LogP contribution in [0.5, 0.6) is 0 Å². The Hall–Kier alpha value is -1.63. The van der Waals surface area contributed by atoms with Gasteiger partial charge in [-0.1, -0.05) is 0 Å². The third-order valence-electron chi connectivity index (χ3n) is 2.86. The highest BCUT2D eigenvalue weighted by atomic mass is 32.1. The molecule has 1 N–H and O–H groups in total. The van der Waals surface area contributed by atoms with Crippen LogP contribution in [0.3, 0.4) is 0 Å². The van der Waals surface area contributed by atoms with Crippen molar-refractivity contribution in [3.63, 3.8) is 0 Å². The molecule has 1 rings (SSSR count). The minimum atomic E-state index is -0.213. The zero-order valence-electron chi connectivity index (χ0n) is 12.1. The molecule has 0 radical (unpaired) electrons. The fourth-order valence-electron chi connectivity index (χ4n) is 1.68. The topological polar surface area (TPSA) is 71.5 Å². The maximum absolute atomic E-state index is 11.8. The number of aromatic nitrogens is 1. The number of hydrogen-bond acceptors (Lipinski definition) is 5. The van der Waals surface area contributed by atoms with Crippen molar-refractivity contribution in [2.45, 2.75) is 33.1 Å². The molecule has 7 heteroatoms. The summed E-state index contributed by atoms with van der Waals surface area (Å²) in [6, 6.07) is -0.134. The van der Waals surface area contributed by atoms with E-state index in [4.69, 9.17) is 0 Å². The molecule has 0 bridgehead atoms. The Morgan fingerprint density at radius 3 is 2.70 bits per heavy atom. The molecule has 0 spiro atoms. The first kappa shape index (κ1) is 16.4. The molecule has 0 fully saturated rings. The number of aryl methyl sites for hydroxylation is 1. The molecule has 1 heterocycles. The molecule has 0 atom stereocenters. The van der Waals surface area contributed by atoms with Crippen LogP contribution in [0.1, 0.15) is 32.4 Å². The molecule has 0 saturated carbocycles. The number of esters is 1. The maximum Gasteiger partial charge on any atom is 0.323 e. The van der Waals surface area contributed by atoms with Gasteiger partial charge in [0, 0.05) is 24.9 Å². The second-order valence-corrected chi connectivity index (χ2v) is 5.03. The minimum Gasteiger partial charge on any atom is -0.469 e. The van der Waals surface area contributed by atoms with Gasteiger partial charge in [0.25, 0.3) is 0 Å². The SMILES string of the molecule is CCN(CC)C(=O)Nc1nc(CCCC(=O)OC)cs1.